The molecule has 0 bridgehead atoms. The zero-order valence-electron chi connectivity index (χ0n) is 11.2. The van der Waals surface area contributed by atoms with Crippen LogP contribution in [0.2, 0.25) is 0 Å². The van der Waals surface area contributed by atoms with Crippen molar-refractivity contribution in [3.05, 3.63) is 35.4 Å². The second kappa shape index (κ2) is 6.15. The second-order valence-electron chi connectivity index (χ2n) is 5.30. The molecule has 2 atom stereocenters. The van der Waals surface area contributed by atoms with E-state index in [0.717, 1.165) is 30.4 Å². The van der Waals surface area contributed by atoms with Gasteiger partial charge in [0.2, 0.25) is 5.91 Å². The number of hydrogen-bond donors (Lipinski definition) is 2. The molecule has 3 N–H and O–H groups in total. The summed E-state index contributed by atoms with van der Waals surface area (Å²) in [6.45, 7) is 2.70. The summed E-state index contributed by atoms with van der Waals surface area (Å²) >= 11 is 4.95. The minimum atomic E-state index is 0.172. The van der Waals surface area contributed by atoms with Gasteiger partial charge in [-0.3, -0.25) is 4.79 Å². The Bertz CT molecular complexity index is 487. The average molecular weight is 276 g/mol. The smallest absolute Gasteiger partial charge is 0.223 e. The van der Waals surface area contributed by atoms with Crippen molar-refractivity contribution >= 4 is 23.1 Å². The summed E-state index contributed by atoms with van der Waals surface area (Å²) in [6.07, 6.45) is 3.34. The molecule has 1 fully saturated rings. The van der Waals surface area contributed by atoms with Gasteiger partial charge in [-0.25, -0.2) is 0 Å². The Kier molecular flexibility index (Phi) is 4.53. The van der Waals surface area contributed by atoms with Crippen molar-refractivity contribution in [1.82, 2.24) is 5.32 Å². The van der Waals surface area contributed by atoms with Crippen LogP contribution in [0.5, 0.6) is 0 Å². The van der Waals surface area contributed by atoms with Crippen LogP contribution in [0, 0.1) is 11.8 Å². The van der Waals surface area contributed by atoms with Crippen LogP contribution in [-0.4, -0.2) is 10.9 Å². The fraction of sp³-hybridized carbons (Fsp3) is 0.467. The van der Waals surface area contributed by atoms with E-state index in [-0.39, 0.29) is 11.8 Å². The fourth-order valence-electron chi connectivity index (χ4n) is 2.69. The zero-order chi connectivity index (χ0) is 13.8. The molecular formula is C15H20N2OS. The molecule has 1 aromatic carbocycles. The van der Waals surface area contributed by atoms with Gasteiger partial charge >= 0.3 is 0 Å². The predicted octanol–water partition coefficient (Wildman–Crippen LogP) is 2.37. The van der Waals surface area contributed by atoms with Crippen LogP contribution >= 0.6 is 12.2 Å². The normalized spacial score (nSPS) is 22.2. The van der Waals surface area contributed by atoms with Crippen LogP contribution < -0.4 is 11.1 Å². The Morgan fingerprint density at radius 2 is 2.26 bits per heavy atom. The maximum atomic E-state index is 12.1. The molecule has 4 heteroatoms. The molecule has 2 rings (SSSR count). The molecule has 102 valence electrons. The van der Waals surface area contributed by atoms with Gasteiger partial charge in [0.1, 0.15) is 4.99 Å². The van der Waals surface area contributed by atoms with Gasteiger partial charge in [-0.05, 0) is 30.4 Å². The lowest BCUT2D eigenvalue weighted by molar-refractivity contribution is -0.126. The van der Waals surface area contributed by atoms with E-state index in [9.17, 15) is 4.79 Å². The first-order valence-corrected chi connectivity index (χ1v) is 7.15. The van der Waals surface area contributed by atoms with Gasteiger partial charge in [-0.2, -0.15) is 0 Å². The molecule has 19 heavy (non-hydrogen) atoms. The number of carbonyl (C=O) groups is 1. The first-order valence-electron chi connectivity index (χ1n) is 6.74. The Balaban J connectivity index is 1.93. The van der Waals surface area contributed by atoms with Crippen molar-refractivity contribution in [3.63, 3.8) is 0 Å². The van der Waals surface area contributed by atoms with E-state index in [4.69, 9.17) is 18.0 Å². The number of rotatable bonds is 4. The lowest BCUT2D eigenvalue weighted by Gasteiger charge is -2.15. The topological polar surface area (TPSA) is 55.1 Å². The summed E-state index contributed by atoms with van der Waals surface area (Å²) in [5.41, 5.74) is 7.48. The van der Waals surface area contributed by atoms with Crippen LogP contribution in [0.3, 0.4) is 0 Å². The molecule has 0 spiro atoms. The van der Waals surface area contributed by atoms with Gasteiger partial charge in [-0.15, -0.1) is 0 Å². The lowest BCUT2D eigenvalue weighted by atomic mass is 9.97. The lowest BCUT2D eigenvalue weighted by Crippen LogP contribution is -2.31. The maximum absolute atomic E-state index is 12.1. The molecule has 1 aliphatic rings. The molecule has 2 unspecified atom stereocenters. The van der Waals surface area contributed by atoms with E-state index in [1.165, 1.54) is 0 Å². The largest absolute Gasteiger partial charge is 0.389 e. The van der Waals surface area contributed by atoms with E-state index in [2.05, 4.69) is 12.2 Å². The third-order valence-electron chi connectivity index (χ3n) is 3.88. The number of carbonyl (C=O) groups excluding carboxylic acids is 1. The summed E-state index contributed by atoms with van der Waals surface area (Å²) in [5, 5.41) is 3.01. The second-order valence-corrected chi connectivity index (χ2v) is 5.74. The highest BCUT2D eigenvalue weighted by molar-refractivity contribution is 7.80. The number of nitrogens with two attached hydrogens (primary N) is 1. The monoisotopic (exact) mass is 276 g/mol. The minimum absolute atomic E-state index is 0.172. The van der Waals surface area contributed by atoms with E-state index in [0.29, 0.717) is 17.5 Å². The number of thiocarbonyl (C=S) groups is 1. The predicted molar refractivity (Wildman–Crippen MR) is 80.7 cm³/mol. The van der Waals surface area contributed by atoms with Crippen LogP contribution in [0.25, 0.3) is 0 Å². The van der Waals surface area contributed by atoms with Gasteiger partial charge in [0.25, 0.3) is 0 Å². The molecule has 0 aliphatic heterocycles. The maximum Gasteiger partial charge on any atom is 0.223 e. The fourth-order valence-corrected chi connectivity index (χ4v) is 2.82. The number of amides is 1. The highest BCUT2D eigenvalue weighted by Gasteiger charge is 2.29. The van der Waals surface area contributed by atoms with Gasteiger partial charge in [-0.1, -0.05) is 43.8 Å². The number of benzene rings is 1. The Morgan fingerprint density at radius 3 is 2.89 bits per heavy atom. The van der Waals surface area contributed by atoms with Crippen molar-refractivity contribution in [2.24, 2.45) is 17.6 Å². The molecule has 1 aromatic rings. The van der Waals surface area contributed by atoms with Crippen molar-refractivity contribution in [3.8, 4) is 0 Å². The van der Waals surface area contributed by atoms with Crippen molar-refractivity contribution in [1.29, 1.82) is 0 Å². The van der Waals surface area contributed by atoms with Gasteiger partial charge in [0.05, 0.1) is 0 Å². The highest BCUT2D eigenvalue weighted by Crippen LogP contribution is 2.31. The molecular weight excluding hydrogens is 256 g/mol. The molecule has 0 heterocycles. The van der Waals surface area contributed by atoms with Crippen LogP contribution in [0.1, 0.15) is 37.3 Å². The standard InChI is InChI=1S/C15H20N2OS/c1-10-4-2-7-13(10)15(18)17-9-11-5-3-6-12(8-11)14(16)19/h3,5-6,8,10,13H,2,4,7,9H2,1H3,(H2,16,19)(H,17,18). The molecule has 0 radical (unpaired) electrons. The van der Waals surface area contributed by atoms with Crippen LogP contribution in [0.15, 0.2) is 24.3 Å². The van der Waals surface area contributed by atoms with Gasteiger partial charge in [0, 0.05) is 18.0 Å². The van der Waals surface area contributed by atoms with Gasteiger partial charge < -0.3 is 11.1 Å². The number of hydrogen-bond acceptors (Lipinski definition) is 2. The summed E-state index contributed by atoms with van der Waals surface area (Å²) in [6, 6.07) is 7.70. The summed E-state index contributed by atoms with van der Waals surface area (Å²) in [4.78, 5) is 12.5. The van der Waals surface area contributed by atoms with E-state index >= 15 is 0 Å². The Labute approximate surface area is 119 Å². The Hall–Kier alpha value is -1.42. The molecule has 1 amide bonds. The highest BCUT2D eigenvalue weighted by atomic mass is 32.1. The molecule has 0 aromatic heterocycles. The van der Waals surface area contributed by atoms with Crippen molar-refractivity contribution in [2.45, 2.75) is 32.7 Å². The third kappa shape index (κ3) is 3.53. The zero-order valence-corrected chi connectivity index (χ0v) is 12.0. The third-order valence-corrected chi connectivity index (χ3v) is 4.11. The van der Waals surface area contributed by atoms with E-state index in [1.807, 2.05) is 24.3 Å². The van der Waals surface area contributed by atoms with Crippen LogP contribution in [0.4, 0.5) is 0 Å². The Morgan fingerprint density at radius 1 is 1.47 bits per heavy atom. The first-order chi connectivity index (χ1) is 9.08. The number of nitrogens with one attached hydrogen (secondary N) is 1. The molecule has 0 saturated heterocycles. The molecule has 3 nitrogen and oxygen atoms in total. The SMILES string of the molecule is CC1CCCC1C(=O)NCc1cccc(C(N)=S)c1. The quantitative estimate of drug-likeness (QED) is 0.830. The minimum Gasteiger partial charge on any atom is -0.389 e. The van der Waals surface area contributed by atoms with Crippen molar-refractivity contribution in [2.75, 3.05) is 0 Å². The molecule has 1 saturated carbocycles. The summed E-state index contributed by atoms with van der Waals surface area (Å²) in [7, 11) is 0. The van der Waals surface area contributed by atoms with E-state index in [1.54, 1.807) is 0 Å². The van der Waals surface area contributed by atoms with Crippen molar-refractivity contribution < 1.29 is 4.79 Å². The summed E-state index contributed by atoms with van der Waals surface area (Å²) < 4.78 is 0. The van der Waals surface area contributed by atoms with Gasteiger partial charge in [0.15, 0.2) is 0 Å². The molecule has 1 aliphatic carbocycles. The summed E-state index contributed by atoms with van der Waals surface area (Å²) in [5.74, 6) is 0.854. The van der Waals surface area contributed by atoms with E-state index < -0.39 is 0 Å². The van der Waals surface area contributed by atoms with Crippen LogP contribution in [-0.2, 0) is 11.3 Å². The average Bonchev–Trinajstić information content (AvgIpc) is 2.82. The first kappa shape index (κ1) is 14.0.